The third kappa shape index (κ3) is 1.45. The monoisotopic (exact) mass is 287 g/mol. The molecule has 1 unspecified atom stereocenters. The number of nitrogens with zero attached hydrogens (tertiary/aromatic N) is 2. The highest BCUT2D eigenvalue weighted by Gasteiger charge is 2.40. The van der Waals surface area contributed by atoms with E-state index >= 15 is 0 Å². The molecule has 4 rings (SSSR count). The summed E-state index contributed by atoms with van der Waals surface area (Å²) in [7, 11) is 0. The lowest BCUT2D eigenvalue weighted by Gasteiger charge is -2.19. The Morgan fingerprint density at radius 2 is 2.10 bits per heavy atom. The highest BCUT2D eigenvalue weighted by atomic mass is 35.5. The Kier molecular flexibility index (Phi) is 2.14. The standard InChI is InChI=1S/C13H10ClN5O/c14-13(10-6-3-7-20-10)17-11-8-4-1-2-5-9(8)16-12(15)19(11)18-13/h1-7,15,17-18H. The van der Waals surface area contributed by atoms with Crippen molar-refractivity contribution in [2.45, 2.75) is 5.12 Å². The number of para-hydroxylation sites is 1. The van der Waals surface area contributed by atoms with Crippen molar-refractivity contribution in [1.29, 1.82) is 5.41 Å². The molecular weight excluding hydrogens is 278 g/mol. The molecule has 0 bridgehead atoms. The Morgan fingerprint density at radius 3 is 2.90 bits per heavy atom. The molecule has 0 saturated heterocycles. The first kappa shape index (κ1) is 11.4. The minimum Gasteiger partial charge on any atom is -0.463 e. The van der Waals surface area contributed by atoms with Gasteiger partial charge in [-0.2, -0.15) is 0 Å². The zero-order chi connectivity index (χ0) is 13.7. The fourth-order valence-electron chi connectivity index (χ4n) is 2.33. The second kappa shape index (κ2) is 3.77. The summed E-state index contributed by atoms with van der Waals surface area (Å²) in [6.07, 6.45) is 1.55. The van der Waals surface area contributed by atoms with Gasteiger partial charge in [-0.05, 0) is 24.3 Å². The Balaban J connectivity index is 1.95. The lowest BCUT2D eigenvalue weighted by atomic mass is 10.2. The van der Waals surface area contributed by atoms with Gasteiger partial charge < -0.3 is 9.73 Å². The van der Waals surface area contributed by atoms with Crippen molar-refractivity contribution < 1.29 is 4.42 Å². The third-order valence-corrected chi connectivity index (χ3v) is 3.60. The summed E-state index contributed by atoms with van der Waals surface area (Å²) in [5, 5.41) is 10.9. The van der Waals surface area contributed by atoms with E-state index in [9.17, 15) is 0 Å². The summed E-state index contributed by atoms with van der Waals surface area (Å²) in [6, 6.07) is 11.1. The van der Waals surface area contributed by atoms with Gasteiger partial charge in [0.15, 0.2) is 5.76 Å². The van der Waals surface area contributed by atoms with Crippen LogP contribution in [-0.2, 0) is 5.12 Å². The lowest BCUT2D eigenvalue weighted by Crippen LogP contribution is -2.37. The summed E-state index contributed by atoms with van der Waals surface area (Å²) >= 11 is 6.53. The van der Waals surface area contributed by atoms with Crippen LogP contribution in [0.3, 0.4) is 0 Å². The number of rotatable bonds is 1. The van der Waals surface area contributed by atoms with Gasteiger partial charge >= 0.3 is 0 Å². The Morgan fingerprint density at radius 1 is 1.25 bits per heavy atom. The number of alkyl halides is 1. The van der Waals surface area contributed by atoms with Crippen molar-refractivity contribution in [2.24, 2.45) is 0 Å². The molecule has 3 heterocycles. The van der Waals surface area contributed by atoms with Gasteiger partial charge in [-0.25, -0.2) is 9.66 Å². The minimum atomic E-state index is -1.13. The summed E-state index contributed by atoms with van der Waals surface area (Å²) in [6.45, 7) is 0. The van der Waals surface area contributed by atoms with Crippen molar-refractivity contribution in [2.75, 3.05) is 10.7 Å². The largest absolute Gasteiger partial charge is 0.463 e. The zero-order valence-corrected chi connectivity index (χ0v) is 11.0. The van der Waals surface area contributed by atoms with Crippen LogP contribution in [0.2, 0.25) is 0 Å². The quantitative estimate of drug-likeness (QED) is 0.473. The van der Waals surface area contributed by atoms with Gasteiger partial charge in [-0.3, -0.25) is 10.8 Å². The Hall–Kier alpha value is -2.47. The highest BCUT2D eigenvalue weighted by molar-refractivity contribution is 6.26. The number of nitrogens with one attached hydrogen (secondary N) is 3. The van der Waals surface area contributed by atoms with Gasteiger partial charge in [0, 0.05) is 5.39 Å². The average Bonchev–Trinajstić information content (AvgIpc) is 3.07. The van der Waals surface area contributed by atoms with E-state index in [2.05, 4.69) is 15.7 Å². The van der Waals surface area contributed by atoms with E-state index < -0.39 is 5.12 Å². The number of halogens is 1. The zero-order valence-electron chi connectivity index (χ0n) is 10.2. The number of fused-ring (bicyclic) bond motifs is 3. The molecular formula is C13H10ClN5O. The van der Waals surface area contributed by atoms with Crippen LogP contribution < -0.4 is 16.4 Å². The summed E-state index contributed by atoms with van der Waals surface area (Å²) in [5.41, 5.74) is 3.81. The first-order chi connectivity index (χ1) is 9.67. The van der Waals surface area contributed by atoms with Crippen molar-refractivity contribution in [3.8, 4) is 0 Å². The molecule has 0 aliphatic carbocycles. The van der Waals surface area contributed by atoms with E-state index in [0.29, 0.717) is 11.6 Å². The van der Waals surface area contributed by atoms with Gasteiger partial charge in [0.1, 0.15) is 5.82 Å². The first-order valence-electron chi connectivity index (χ1n) is 6.03. The molecule has 3 N–H and O–H groups in total. The van der Waals surface area contributed by atoms with Gasteiger partial charge in [0.2, 0.25) is 5.62 Å². The van der Waals surface area contributed by atoms with Crippen LogP contribution in [0.25, 0.3) is 10.9 Å². The number of furan rings is 1. The summed E-state index contributed by atoms with van der Waals surface area (Å²) in [5.74, 6) is 1.21. The van der Waals surface area contributed by atoms with E-state index in [-0.39, 0.29) is 5.62 Å². The molecule has 3 aromatic rings. The maximum absolute atomic E-state index is 8.00. The summed E-state index contributed by atoms with van der Waals surface area (Å²) in [4.78, 5) is 4.23. The van der Waals surface area contributed by atoms with E-state index in [1.807, 2.05) is 24.3 Å². The number of hydrogen-bond donors (Lipinski definition) is 3. The first-order valence-corrected chi connectivity index (χ1v) is 6.41. The smallest absolute Gasteiger partial charge is 0.261 e. The maximum Gasteiger partial charge on any atom is 0.261 e. The van der Waals surface area contributed by atoms with E-state index in [0.717, 1.165) is 10.9 Å². The SMILES string of the molecule is N=c1nc2ccccc2c2n1NC(Cl)(c1ccco1)N2. The van der Waals surface area contributed by atoms with Gasteiger partial charge in [0.05, 0.1) is 11.8 Å². The molecule has 20 heavy (non-hydrogen) atoms. The second-order valence-corrected chi connectivity index (χ2v) is 5.08. The molecule has 6 nitrogen and oxygen atoms in total. The third-order valence-electron chi connectivity index (χ3n) is 3.24. The second-order valence-electron chi connectivity index (χ2n) is 4.51. The van der Waals surface area contributed by atoms with E-state index in [1.165, 1.54) is 4.68 Å². The molecule has 1 aliphatic heterocycles. The van der Waals surface area contributed by atoms with Crippen LogP contribution in [0.4, 0.5) is 5.82 Å². The van der Waals surface area contributed by atoms with Crippen LogP contribution in [0.5, 0.6) is 0 Å². The average molecular weight is 288 g/mol. The van der Waals surface area contributed by atoms with Gasteiger partial charge in [0.25, 0.3) is 5.12 Å². The molecule has 0 amide bonds. The van der Waals surface area contributed by atoms with Gasteiger partial charge in [-0.15, -0.1) is 0 Å². The van der Waals surface area contributed by atoms with Crippen molar-refractivity contribution in [3.63, 3.8) is 0 Å². The fraction of sp³-hybridized carbons (Fsp3) is 0.0769. The molecule has 0 spiro atoms. The van der Waals surface area contributed by atoms with Crippen LogP contribution in [0.15, 0.2) is 47.1 Å². The predicted molar refractivity (Wildman–Crippen MR) is 74.8 cm³/mol. The molecule has 100 valence electrons. The molecule has 2 aromatic heterocycles. The number of hydrogen-bond acceptors (Lipinski definition) is 5. The molecule has 1 atom stereocenters. The molecule has 0 saturated carbocycles. The van der Waals surface area contributed by atoms with Crippen LogP contribution in [0, 0.1) is 5.41 Å². The number of aromatic nitrogens is 2. The normalized spacial score (nSPS) is 20.4. The van der Waals surface area contributed by atoms with Crippen LogP contribution in [0.1, 0.15) is 5.76 Å². The molecule has 0 fully saturated rings. The Labute approximate surface area is 118 Å². The van der Waals surface area contributed by atoms with Crippen LogP contribution in [-0.4, -0.2) is 9.66 Å². The topological polar surface area (TPSA) is 78.9 Å². The highest BCUT2D eigenvalue weighted by Crippen LogP contribution is 2.36. The molecule has 1 aromatic carbocycles. The van der Waals surface area contributed by atoms with E-state index in [4.69, 9.17) is 21.4 Å². The lowest BCUT2D eigenvalue weighted by molar-refractivity contribution is 0.469. The van der Waals surface area contributed by atoms with Crippen LogP contribution >= 0.6 is 11.6 Å². The maximum atomic E-state index is 8.00. The Bertz CT molecular complexity index is 857. The predicted octanol–water partition coefficient (Wildman–Crippen LogP) is 2.13. The molecule has 1 aliphatic rings. The minimum absolute atomic E-state index is 0.0697. The van der Waals surface area contributed by atoms with Gasteiger partial charge in [-0.1, -0.05) is 23.7 Å². The molecule has 0 radical (unpaired) electrons. The molecule has 7 heteroatoms. The fourth-order valence-corrected chi connectivity index (χ4v) is 2.61. The number of anilines is 1. The van der Waals surface area contributed by atoms with Crippen molar-refractivity contribution in [1.82, 2.24) is 9.66 Å². The van der Waals surface area contributed by atoms with Crippen molar-refractivity contribution in [3.05, 3.63) is 54.0 Å². The number of benzene rings is 1. The summed E-state index contributed by atoms with van der Waals surface area (Å²) < 4.78 is 6.86. The van der Waals surface area contributed by atoms with E-state index in [1.54, 1.807) is 18.4 Å². The van der Waals surface area contributed by atoms with Crippen molar-refractivity contribution >= 4 is 28.3 Å².